The average molecular weight is 205 g/mol. The Labute approximate surface area is 76.1 Å². The molecule has 1 fully saturated rings. The van der Waals surface area contributed by atoms with Crippen molar-refractivity contribution in [1.29, 1.82) is 0 Å². The second kappa shape index (κ2) is 3.73. The molecule has 13 heavy (non-hydrogen) atoms. The number of rotatable bonds is 3. The van der Waals surface area contributed by atoms with E-state index in [2.05, 4.69) is 10.5 Å². The van der Waals surface area contributed by atoms with Crippen LogP contribution in [0, 0.1) is 0 Å². The van der Waals surface area contributed by atoms with Crippen LogP contribution >= 0.6 is 0 Å². The normalized spacial score (nSPS) is 23.2. The van der Waals surface area contributed by atoms with Crippen LogP contribution in [0.25, 0.3) is 0 Å². The number of amides is 1. The van der Waals surface area contributed by atoms with Crippen molar-refractivity contribution in [3.63, 3.8) is 0 Å². The van der Waals surface area contributed by atoms with Crippen molar-refractivity contribution < 1.29 is 13.2 Å². The molecule has 1 aliphatic heterocycles. The molecule has 0 spiro atoms. The zero-order valence-electron chi connectivity index (χ0n) is 6.99. The zero-order valence-corrected chi connectivity index (χ0v) is 7.80. The Hall–Kier alpha value is -1.11. The topological polar surface area (TPSA) is 102 Å². The van der Waals surface area contributed by atoms with Crippen LogP contribution in [0.2, 0.25) is 0 Å². The Bertz CT molecular complexity index is 333. The highest BCUT2D eigenvalue weighted by atomic mass is 32.2. The van der Waals surface area contributed by atoms with E-state index in [9.17, 15) is 13.2 Å². The zero-order chi connectivity index (χ0) is 9.90. The highest BCUT2D eigenvalue weighted by Crippen LogP contribution is 2.07. The number of carbonyl (C=O) groups is 1. The molecule has 0 aromatic heterocycles. The lowest BCUT2D eigenvalue weighted by molar-refractivity contribution is -0.117. The molecule has 6 nitrogen and oxygen atoms in total. The van der Waals surface area contributed by atoms with Crippen LogP contribution < -0.4 is 11.2 Å². The number of hydrogen-bond donors (Lipinski definition) is 2. The Morgan fingerprint density at radius 1 is 1.62 bits per heavy atom. The van der Waals surface area contributed by atoms with E-state index in [1.54, 1.807) is 0 Å². The molecule has 0 aromatic rings. The van der Waals surface area contributed by atoms with Gasteiger partial charge in [0, 0.05) is 6.42 Å². The standard InChI is InChI=1S/C6H11N3O3S/c7-6(10)3-8-9-5-1-2-13(11,12)4-5/h8H,1-4H2,(H2,7,10)/b9-5+. The Balaban J connectivity index is 2.42. The van der Waals surface area contributed by atoms with E-state index in [0.717, 1.165) is 0 Å². The van der Waals surface area contributed by atoms with Gasteiger partial charge in [0.25, 0.3) is 0 Å². The van der Waals surface area contributed by atoms with Gasteiger partial charge in [-0.15, -0.1) is 0 Å². The molecular formula is C6H11N3O3S. The van der Waals surface area contributed by atoms with Crippen LogP contribution in [0.3, 0.4) is 0 Å². The van der Waals surface area contributed by atoms with Crippen molar-refractivity contribution in [2.75, 3.05) is 18.1 Å². The van der Waals surface area contributed by atoms with Crippen LogP contribution in [0.15, 0.2) is 5.10 Å². The lowest BCUT2D eigenvalue weighted by Crippen LogP contribution is -2.26. The minimum atomic E-state index is -2.93. The second-order valence-electron chi connectivity index (χ2n) is 2.82. The summed E-state index contributed by atoms with van der Waals surface area (Å²) in [6.07, 6.45) is 0.439. The first-order chi connectivity index (χ1) is 5.99. The second-order valence-corrected chi connectivity index (χ2v) is 5.01. The highest BCUT2D eigenvalue weighted by Gasteiger charge is 2.23. The van der Waals surface area contributed by atoms with Crippen molar-refractivity contribution >= 4 is 21.5 Å². The summed E-state index contributed by atoms with van der Waals surface area (Å²) in [5.41, 5.74) is 7.81. The quantitative estimate of drug-likeness (QED) is 0.532. The molecular weight excluding hydrogens is 194 g/mol. The van der Waals surface area contributed by atoms with E-state index in [1.807, 2.05) is 0 Å². The average Bonchev–Trinajstić information content (AvgIpc) is 2.29. The van der Waals surface area contributed by atoms with E-state index in [0.29, 0.717) is 12.1 Å². The van der Waals surface area contributed by atoms with Gasteiger partial charge in [-0.2, -0.15) is 5.10 Å². The van der Waals surface area contributed by atoms with Crippen molar-refractivity contribution in [2.45, 2.75) is 6.42 Å². The van der Waals surface area contributed by atoms with Gasteiger partial charge in [0.1, 0.15) is 6.54 Å². The fourth-order valence-corrected chi connectivity index (χ4v) is 2.40. The minimum Gasteiger partial charge on any atom is -0.368 e. The van der Waals surface area contributed by atoms with E-state index in [1.165, 1.54) is 0 Å². The SMILES string of the molecule is NC(=O)CN/N=C1\CCS(=O)(=O)C1. The summed E-state index contributed by atoms with van der Waals surface area (Å²) >= 11 is 0. The van der Waals surface area contributed by atoms with Gasteiger partial charge in [0.15, 0.2) is 9.84 Å². The molecule has 0 aliphatic carbocycles. The van der Waals surface area contributed by atoms with Crippen molar-refractivity contribution in [1.82, 2.24) is 5.43 Å². The maximum atomic E-state index is 10.9. The fourth-order valence-electron chi connectivity index (χ4n) is 0.989. The number of hydrazone groups is 1. The molecule has 0 bridgehead atoms. The summed E-state index contributed by atoms with van der Waals surface area (Å²) in [5.74, 6) is -0.395. The lowest BCUT2D eigenvalue weighted by Gasteiger charge is -1.96. The molecule has 7 heteroatoms. The van der Waals surface area contributed by atoms with Gasteiger partial charge >= 0.3 is 0 Å². The first kappa shape index (κ1) is 9.97. The van der Waals surface area contributed by atoms with E-state index in [-0.39, 0.29) is 18.1 Å². The van der Waals surface area contributed by atoms with Crippen LogP contribution in [-0.2, 0) is 14.6 Å². The Kier molecular flexibility index (Phi) is 2.86. The molecule has 1 heterocycles. The lowest BCUT2D eigenvalue weighted by atomic mass is 10.3. The molecule has 1 saturated heterocycles. The third-order valence-electron chi connectivity index (χ3n) is 1.58. The summed E-state index contributed by atoms with van der Waals surface area (Å²) < 4.78 is 21.9. The van der Waals surface area contributed by atoms with E-state index < -0.39 is 15.7 Å². The summed E-state index contributed by atoms with van der Waals surface area (Å²) in [4.78, 5) is 10.3. The number of nitrogens with zero attached hydrogens (tertiary/aromatic N) is 1. The minimum absolute atomic E-state index is 0.0151. The van der Waals surface area contributed by atoms with Crippen LogP contribution in [0.4, 0.5) is 0 Å². The van der Waals surface area contributed by atoms with Crippen molar-refractivity contribution in [2.24, 2.45) is 10.8 Å². The van der Waals surface area contributed by atoms with Crippen molar-refractivity contribution in [3.8, 4) is 0 Å². The molecule has 0 saturated carbocycles. The number of nitrogens with one attached hydrogen (secondary N) is 1. The molecule has 0 radical (unpaired) electrons. The molecule has 3 N–H and O–H groups in total. The summed E-state index contributed by atoms with van der Waals surface area (Å²) in [5, 5.41) is 3.75. The van der Waals surface area contributed by atoms with Gasteiger partial charge in [-0.1, -0.05) is 0 Å². The van der Waals surface area contributed by atoms with Gasteiger partial charge in [0.05, 0.1) is 17.2 Å². The molecule has 0 atom stereocenters. The molecule has 0 unspecified atom stereocenters. The third-order valence-corrected chi connectivity index (χ3v) is 3.18. The van der Waals surface area contributed by atoms with Crippen LogP contribution in [0.5, 0.6) is 0 Å². The number of nitrogens with two attached hydrogens (primary N) is 1. The highest BCUT2D eigenvalue weighted by molar-refractivity contribution is 7.92. The third kappa shape index (κ3) is 3.41. The van der Waals surface area contributed by atoms with Gasteiger partial charge < -0.3 is 11.2 Å². The van der Waals surface area contributed by atoms with Crippen LogP contribution in [-0.4, -0.2) is 38.1 Å². The number of primary amides is 1. The fraction of sp³-hybridized carbons (Fsp3) is 0.667. The number of carbonyl (C=O) groups excluding carboxylic acids is 1. The smallest absolute Gasteiger partial charge is 0.238 e. The number of sulfone groups is 1. The molecule has 1 amide bonds. The van der Waals surface area contributed by atoms with E-state index >= 15 is 0 Å². The van der Waals surface area contributed by atoms with Crippen LogP contribution in [0.1, 0.15) is 6.42 Å². The maximum absolute atomic E-state index is 10.9. The maximum Gasteiger partial charge on any atom is 0.238 e. The Morgan fingerprint density at radius 2 is 2.31 bits per heavy atom. The van der Waals surface area contributed by atoms with E-state index in [4.69, 9.17) is 5.73 Å². The first-order valence-corrected chi connectivity index (χ1v) is 5.59. The molecule has 74 valence electrons. The summed E-state index contributed by atoms with van der Waals surface area (Å²) in [7, 11) is -2.93. The van der Waals surface area contributed by atoms with Crippen molar-refractivity contribution in [3.05, 3.63) is 0 Å². The van der Waals surface area contributed by atoms with Gasteiger partial charge in [-0.25, -0.2) is 8.42 Å². The predicted octanol–water partition coefficient (Wildman–Crippen LogP) is -1.76. The largest absolute Gasteiger partial charge is 0.368 e. The predicted molar refractivity (Wildman–Crippen MR) is 47.9 cm³/mol. The molecule has 1 rings (SSSR count). The van der Waals surface area contributed by atoms with Gasteiger partial charge in [-0.05, 0) is 0 Å². The first-order valence-electron chi connectivity index (χ1n) is 3.76. The Morgan fingerprint density at radius 3 is 2.77 bits per heavy atom. The number of hydrogen-bond acceptors (Lipinski definition) is 5. The van der Waals surface area contributed by atoms with Gasteiger partial charge in [0.2, 0.25) is 5.91 Å². The molecule has 0 aromatic carbocycles. The monoisotopic (exact) mass is 205 g/mol. The van der Waals surface area contributed by atoms with Gasteiger partial charge in [-0.3, -0.25) is 4.79 Å². The molecule has 1 aliphatic rings. The summed E-state index contributed by atoms with van der Waals surface area (Å²) in [6.45, 7) is -0.0659. The summed E-state index contributed by atoms with van der Waals surface area (Å²) in [6, 6.07) is 0.